The van der Waals surface area contributed by atoms with E-state index in [1.54, 1.807) is 23.9 Å². The number of benzene rings is 1. The average Bonchev–Trinajstić information content (AvgIpc) is 2.28. The molecule has 96 valence electrons. The summed E-state index contributed by atoms with van der Waals surface area (Å²) < 4.78 is 26.3. The molecular formula is C11H18N2O2S2. The zero-order valence-electron chi connectivity index (χ0n) is 10.0. The molecule has 0 heterocycles. The monoisotopic (exact) mass is 274 g/mol. The molecule has 0 fully saturated rings. The molecule has 0 radical (unpaired) electrons. The molecule has 1 rings (SSSR count). The molecule has 0 saturated carbocycles. The van der Waals surface area contributed by atoms with Gasteiger partial charge in [0.25, 0.3) is 0 Å². The first-order valence-corrected chi connectivity index (χ1v) is 8.11. The number of nitrogens with one attached hydrogen (secondary N) is 1. The lowest BCUT2D eigenvalue weighted by molar-refractivity contribution is 0.579. The highest BCUT2D eigenvalue weighted by molar-refractivity contribution is 7.99. The Kier molecular flexibility index (Phi) is 5.30. The fourth-order valence-electron chi connectivity index (χ4n) is 1.28. The lowest BCUT2D eigenvalue weighted by atomic mass is 10.3. The number of rotatable bonds is 6. The normalized spacial score (nSPS) is 13.5. The van der Waals surface area contributed by atoms with Gasteiger partial charge < -0.3 is 5.73 Å². The summed E-state index contributed by atoms with van der Waals surface area (Å²) in [6.07, 6.45) is 2.82. The molecule has 3 N–H and O–H groups in total. The van der Waals surface area contributed by atoms with Crippen LogP contribution < -0.4 is 10.5 Å². The Morgan fingerprint density at radius 1 is 1.47 bits per heavy atom. The number of hydrogen-bond donors (Lipinski definition) is 2. The first-order valence-electron chi connectivity index (χ1n) is 5.33. The van der Waals surface area contributed by atoms with E-state index >= 15 is 0 Å². The van der Waals surface area contributed by atoms with E-state index in [1.165, 1.54) is 12.1 Å². The van der Waals surface area contributed by atoms with E-state index in [1.807, 2.05) is 6.26 Å². The van der Waals surface area contributed by atoms with Crippen LogP contribution in [-0.4, -0.2) is 26.5 Å². The summed E-state index contributed by atoms with van der Waals surface area (Å²) in [5, 5.41) is 0.443. The number of sulfonamides is 1. The minimum Gasteiger partial charge on any atom is -0.399 e. The zero-order valence-corrected chi connectivity index (χ0v) is 11.6. The van der Waals surface area contributed by atoms with Gasteiger partial charge >= 0.3 is 0 Å². The Hall–Kier alpha value is -0.720. The van der Waals surface area contributed by atoms with E-state index in [2.05, 4.69) is 11.6 Å². The van der Waals surface area contributed by atoms with Crippen LogP contribution in [0.4, 0.5) is 5.69 Å². The molecule has 0 aliphatic heterocycles. The molecule has 1 unspecified atom stereocenters. The van der Waals surface area contributed by atoms with Gasteiger partial charge in [0.2, 0.25) is 10.0 Å². The van der Waals surface area contributed by atoms with E-state index in [-0.39, 0.29) is 4.90 Å². The van der Waals surface area contributed by atoms with Crippen molar-refractivity contribution in [3.8, 4) is 0 Å². The third-order valence-corrected chi connectivity index (χ3v) is 4.91. The lowest BCUT2D eigenvalue weighted by Gasteiger charge is -2.10. The van der Waals surface area contributed by atoms with Crippen molar-refractivity contribution in [2.45, 2.75) is 23.5 Å². The summed E-state index contributed by atoms with van der Waals surface area (Å²) in [5.41, 5.74) is 6.01. The topological polar surface area (TPSA) is 72.2 Å². The fourth-order valence-corrected chi connectivity index (χ4v) is 2.74. The molecule has 0 aliphatic carbocycles. The predicted octanol–water partition coefficient (Wildman–Crippen LogP) is 1.69. The number of anilines is 1. The molecule has 0 spiro atoms. The van der Waals surface area contributed by atoms with Gasteiger partial charge in [0.1, 0.15) is 0 Å². The third kappa shape index (κ3) is 4.57. The van der Waals surface area contributed by atoms with Gasteiger partial charge in [0, 0.05) is 17.5 Å². The molecule has 1 aromatic carbocycles. The fraction of sp³-hybridized carbons (Fsp3) is 0.455. The summed E-state index contributed by atoms with van der Waals surface area (Å²) in [6.45, 7) is 2.51. The van der Waals surface area contributed by atoms with Crippen LogP contribution in [0.2, 0.25) is 0 Å². The van der Waals surface area contributed by atoms with Crippen molar-refractivity contribution in [3.63, 3.8) is 0 Å². The van der Waals surface area contributed by atoms with E-state index in [0.717, 1.165) is 6.42 Å². The van der Waals surface area contributed by atoms with Crippen molar-refractivity contribution in [1.29, 1.82) is 0 Å². The van der Waals surface area contributed by atoms with Crippen LogP contribution in [0.3, 0.4) is 0 Å². The van der Waals surface area contributed by atoms with Crippen molar-refractivity contribution in [3.05, 3.63) is 24.3 Å². The first kappa shape index (κ1) is 14.3. The highest BCUT2D eigenvalue weighted by Crippen LogP contribution is 2.13. The van der Waals surface area contributed by atoms with Gasteiger partial charge in [-0.15, -0.1) is 0 Å². The lowest BCUT2D eigenvalue weighted by Crippen LogP contribution is -2.26. The van der Waals surface area contributed by atoms with Gasteiger partial charge in [-0.3, -0.25) is 0 Å². The van der Waals surface area contributed by atoms with Crippen molar-refractivity contribution in [1.82, 2.24) is 4.72 Å². The maximum absolute atomic E-state index is 11.9. The Morgan fingerprint density at radius 3 is 2.76 bits per heavy atom. The van der Waals surface area contributed by atoms with Crippen molar-refractivity contribution < 1.29 is 8.42 Å². The van der Waals surface area contributed by atoms with Gasteiger partial charge in [-0.2, -0.15) is 11.8 Å². The van der Waals surface area contributed by atoms with E-state index < -0.39 is 10.0 Å². The summed E-state index contributed by atoms with van der Waals surface area (Å²) in [5.74, 6) is 0. The summed E-state index contributed by atoms with van der Waals surface area (Å²) in [7, 11) is -3.43. The minimum absolute atomic E-state index is 0.217. The number of nitrogen functional groups attached to an aromatic ring is 1. The Balaban J connectivity index is 2.63. The Labute approximate surface area is 107 Å². The summed E-state index contributed by atoms with van der Waals surface area (Å²) in [4.78, 5) is 0.217. The van der Waals surface area contributed by atoms with Crippen LogP contribution in [0.25, 0.3) is 0 Å². The van der Waals surface area contributed by atoms with Crippen molar-refractivity contribution in [2.75, 3.05) is 18.5 Å². The quantitative estimate of drug-likeness (QED) is 0.774. The van der Waals surface area contributed by atoms with E-state index in [4.69, 9.17) is 5.73 Å². The minimum atomic E-state index is -3.43. The Morgan fingerprint density at radius 2 is 2.18 bits per heavy atom. The van der Waals surface area contributed by atoms with Crippen LogP contribution in [0.1, 0.15) is 13.3 Å². The predicted molar refractivity (Wildman–Crippen MR) is 73.6 cm³/mol. The third-order valence-electron chi connectivity index (χ3n) is 2.41. The highest BCUT2D eigenvalue weighted by atomic mass is 32.2. The Bertz CT molecular complexity index is 460. The van der Waals surface area contributed by atoms with Gasteiger partial charge in [-0.05, 0) is 30.9 Å². The molecule has 1 atom stereocenters. The standard InChI is InChI=1S/C11H18N2O2S2/c1-9(16-2)6-7-13-17(14,15)11-5-3-4-10(12)8-11/h3-5,8-9,13H,6-7,12H2,1-2H3. The summed E-state index contributed by atoms with van der Waals surface area (Å²) >= 11 is 1.72. The zero-order chi connectivity index (χ0) is 12.9. The molecular weight excluding hydrogens is 256 g/mol. The molecule has 0 saturated heterocycles. The molecule has 4 nitrogen and oxygen atoms in total. The van der Waals surface area contributed by atoms with Crippen LogP contribution in [-0.2, 0) is 10.0 Å². The smallest absolute Gasteiger partial charge is 0.240 e. The second-order valence-corrected chi connectivity index (χ2v) is 6.85. The van der Waals surface area contributed by atoms with Gasteiger partial charge in [0.15, 0.2) is 0 Å². The molecule has 0 bridgehead atoms. The molecule has 0 amide bonds. The number of hydrogen-bond acceptors (Lipinski definition) is 4. The van der Waals surface area contributed by atoms with Crippen LogP contribution in [0.5, 0.6) is 0 Å². The van der Waals surface area contributed by atoms with Gasteiger partial charge in [-0.1, -0.05) is 13.0 Å². The van der Waals surface area contributed by atoms with Gasteiger partial charge in [0.05, 0.1) is 4.90 Å². The summed E-state index contributed by atoms with van der Waals surface area (Å²) in [6, 6.07) is 6.29. The van der Waals surface area contributed by atoms with Crippen LogP contribution in [0, 0.1) is 0 Å². The molecule has 0 aromatic heterocycles. The molecule has 17 heavy (non-hydrogen) atoms. The molecule has 1 aromatic rings. The van der Waals surface area contributed by atoms with Gasteiger partial charge in [-0.25, -0.2) is 13.1 Å². The average molecular weight is 274 g/mol. The molecule has 0 aliphatic rings. The van der Waals surface area contributed by atoms with Crippen molar-refractivity contribution >= 4 is 27.5 Å². The largest absolute Gasteiger partial charge is 0.399 e. The maximum Gasteiger partial charge on any atom is 0.240 e. The van der Waals surface area contributed by atoms with Crippen LogP contribution in [0.15, 0.2) is 29.2 Å². The number of nitrogens with two attached hydrogens (primary N) is 1. The highest BCUT2D eigenvalue weighted by Gasteiger charge is 2.13. The molecule has 6 heteroatoms. The maximum atomic E-state index is 11.9. The first-order chi connectivity index (χ1) is 7.95. The van der Waals surface area contributed by atoms with Crippen molar-refractivity contribution in [2.24, 2.45) is 0 Å². The van der Waals surface area contributed by atoms with E-state index in [9.17, 15) is 8.42 Å². The second-order valence-electron chi connectivity index (χ2n) is 3.81. The van der Waals surface area contributed by atoms with E-state index in [0.29, 0.717) is 17.5 Å². The number of thioether (sulfide) groups is 1. The SMILES string of the molecule is CSC(C)CCNS(=O)(=O)c1cccc(N)c1. The van der Waals surface area contributed by atoms with Crippen LogP contribution >= 0.6 is 11.8 Å². The second kappa shape index (κ2) is 6.28.